The summed E-state index contributed by atoms with van der Waals surface area (Å²) in [6.45, 7) is 2.16. The highest BCUT2D eigenvalue weighted by atomic mass is 16.5. The second-order valence-corrected chi connectivity index (χ2v) is 12.8. The first-order valence-corrected chi connectivity index (χ1v) is 17.5. The van der Waals surface area contributed by atoms with Gasteiger partial charge in [0.15, 0.2) is 0 Å². The van der Waals surface area contributed by atoms with E-state index in [1.807, 2.05) is 0 Å². The molecule has 0 radical (unpaired) electrons. The fourth-order valence-corrected chi connectivity index (χ4v) is 5.97. The highest BCUT2D eigenvalue weighted by Crippen LogP contribution is 2.24. The van der Waals surface area contributed by atoms with Crippen molar-refractivity contribution in [2.24, 2.45) is 11.8 Å². The monoisotopic (exact) mass is 657 g/mol. The molecule has 4 N–H and O–H groups in total. The lowest BCUT2D eigenvalue weighted by atomic mass is 9.87. The molecular formula is C37H55NO9. The maximum atomic E-state index is 13.3. The van der Waals surface area contributed by atoms with Crippen LogP contribution in [0.4, 0.5) is 0 Å². The molecule has 1 aromatic rings. The molecule has 1 amide bonds. The topological polar surface area (TPSA) is 167 Å². The summed E-state index contributed by atoms with van der Waals surface area (Å²) >= 11 is 0. The van der Waals surface area contributed by atoms with Crippen LogP contribution in [0.3, 0.4) is 0 Å². The van der Waals surface area contributed by atoms with Crippen molar-refractivity contribution in [1.29, 1.82) is 0 Å². The van der Waals surface area contributed by atoms with Gasteiger partial charge in [0.2, 0.25) is 5.91 Å². The second-order valence-electron chi connectivity index (χ2n) is 12.8. The van der Waals surface area contributed by atoms with Gasteiger partial charge in [0.05, 0.1) is 24.4 Å². The minimum Gasteiger partial charge on any atom is -0.490 e. The van der Waals surface area contributed by atoms with E-state index in [2.05, 4.69) is 12.2 Å². The van der Waals surface area contributed by atoms with Gasteiger partial charge in [-0.05, 0) is 69.1 Å². The van der Waals surface area contributed by atoms with Crippen LogP contribution in [0.15, 0.2) is 36.4 Å². The minimum atomic E-state index is -1.57. The Morgan fingerprint density at radius 2 is 1.45 bits per heavy atom. The van der Waals surface area contributed by atoms with Gasteiger partial charge in [0.25, 0.3) is 0 Å². The molecule has 47 heavy (non-hydrogen) atoms. The summed E-state index contributed by atoms with van der Waals surface area (Å²) in [5, 5.41) is 31.4. The number of unbranched alkanes of at least 4 members (excludes halogenated alkanes) is 8. The van der Waals surface area contributed by atoms with E-state index in [1.165, 1.54) is 31.8 Å². The third-order valence-corrected chi connectivity index (χ3v) is 8.76. The zero-order valence-electron chi connectivity index (χ0n) is 28.0. The number of ketones is 1. The lowest BCUT2D eigenvalue weighted by Crippen LogP contribution is -2.47. The summed E-state index contributed by atoms with van der Waals surface area (Å²) in [5.74, 6) is -6.90. The first-order chi connectivity index (χ1) is 22.6. The molecule has 0 bridgehead atoms. The number of carbonyl (C=O) groups is 5. The van der Waals surface area contributed by atoms with E-state index in [-0.39, 0.29) is 12.5 Å². The van der Waals surface area contributed by atoms with Crippen LogP contribution < -0.4 is 10.1 Å². The molecule has 10 nitrogen and oxygen atoms in total. The van der Waals surface area contributed by atoms with E-state index in [0.717, 1.165) is 64.2 Å². The van der Waals surface area contributed by atoms with Crippen molar-refractivity contribution in [2.45, 2.75) is 141 Å². The number of hydrogen-bond acceptors (Lipinski definition) is 6. The van der Waals surface area contributed by atoms with Gasteiger partial charge < -0.3 is 25.4 Å². The molecule has 0 aliphatic heterocycles. The average Bonchev–Trinajstić information content (AvgIpc) is 3.03. The van der Waals surface area contributed by atoms with Crippen molar-refractivity contribution < 1.29 is 44.0 Å². The Bertz CT molecular complexity index is 1140. The molecule has 3 atom stereocenters. The molecule has 1 aliphatic rings. The average molecular weight is 658 g/mol. The van der Waals surface area contributed by atoms with Crippen LogP contribution in [0.2, 0.25) is 0 Å². The van der Waals surface area contributed by atoms with Crippen molar-refractivity contribution >= 4 is 29.6 Å². The Kier molecular flexibility index (Phi) is 19.1. The zero-order chi connectivity index (χ0) is 34.4. The highest BCUT2D eigenvalue weighted by Gasteiger charge is 2.35. The summed E-state index contributed by atoms with van der Waals surface area (Å²) in [7, 11) is 0. The molecule has 1 aliphatic carbocycles. The Morgan fingerprint density at radius 1 is 0.830 bits per heavy atom. The molecule has 0 heterocycles. The van der Waals surface area contributed by atoms with Crippen LogP contribution in [0, 0.1) is 11.8 Å². The summed E-state index contributed by atoms with van der Waals surface area (Å²) in [6.07, 6.45) is 18.5. The number of Topliss-reactive ketones (excluding diaryl/α,β-unsaturated/α-hetero) is 1. The number of allylic oxidation sites excluding steroid dienone is 1. The SMILES string of the molecule is CCCCCCCC(=O)CCCCCC/C=C/[C@H](C(=O)N[C@@H](Cc1ccc(OC2CCCCC2)cc1)C(=O)O)C(CC(=O)O)C(=O)O. The van der Waals surface area contributed by atoms with Crippen LogP contribution in [0.1, 0.15) is 128 Å². The third-order valence-electron chi connectivity index (χ3n) is 8.76. The predicted octanol–water partition coefficient (Wildman–Crippen LogP) is 7.13. The normalized spacial score (nSPS) is 15.5. The summed E-state index contributed by atoms with van der Waals surface area (Å²) in [4.78, 5) is 60.9. The van der Waals surface area contributed by atoms with Gasteiger partial charge in [0.1, 0.15) is 17.6 Å². The van der Waals surface area contributed by atoms with E-state index in [0.29, 0.717) is 36.4 Å². The first-order valence-electron chi connectivity index (χ1n) is 17.5. The smallest absolute Gasteiger partial charge is 0.326 e. The molecule has 1 fully saturated rings. The van der Waals surface area contributed by atoms with Gasteiger partial charge in [-0.2, -0.15) is 0 Å². The number of carbonyl (C=O) groups excluding carboxylic acids is 2. The van der Waals surface area contributed by atoms with E-state index in [9.17, 15) is 39.3 Å². The van der Waals surface area contributed by atoms with E-state index >= 15 is 0 Å². The molecular weight excluding hydrogens is 602 g/mol. The second kappa shape index (κ2) is 22.8. The van der Waals surface area contributed by atoms with Crippen molar-refractivity contribution in [1.82, 2.24) is 5.32 Å². The van der Waals surface area contributed by atoms with Crippen molar-refractivity contribution in [3.05, 3.63) is 42.0 Å². The highest BCUT2D eigenvalue weighted by molar-refractivity contribution is 5.91. The quantitative estimate of drug-likeness (QED) is 0.0632. The summed E-state index contributed by atoms with van der Waals surface area (Å²) in [5.41, 5.74) is 0.648. The van der Waals surface area contributed by atoms with E-state index in [1.54, 1.807) is 30.3 Å². The Balaban J connectivity index is 1.92. The largest absolute Gasteiger partial charge is 0.490 e. The molecule has 1 aromatic carbocycles. The number of rotatable bonds is 25. The fourth-order valence-electron chi connectivity index (χ4n) is 5.97. The van der Waals surface area contributed by atoms with Crippen molar-refractivity contribution in [3.63, 3.8) is 0 Å². The first kappa shape index (κ1) is 39.5. The van der Waals surface area contributed by atoms with Crippen LogP contribution >= 0.6 is 0 Å². The number of aliphatic carboxylic acids is 3. The molecule has 0 spiro atoms. The van der Waals surface area contributed by atoms with Crippen LogP contribution in [0.5, 0.6) is 5.75 Å². The van der Waals surface area contributed by atoms with Crippen LogP contribution in [0.25, 0.3) is 0 Å². The summed E-state index contributed by atoms with van der Waals surface area (Å²) < 4.78 is 6.03. The fraction of sp³-hybridized carbons (Fsp3) is 0.649. The molecule has 10 heteroatoms. The third kappa shape index (κ3) is 16.6. The number of nitrogens with one attached hydrogen (secondary N) is 1. The van der Waals surface area contributed by atoms with Gasteiger partial charge in [0, 0.05) is 19.3 Å². The van der Waals surface area contributed by atoms with E-state index < -0.39 is 48.1 Å². The number of benzene rings is 1. The predicted molar refractivity (Wildman–Crippen MR) is 179 cm³/mol. The minimum absolute atomic E-state index is 0.0424. The van der Waals surface area contributed by atoms with Crippen molar-refractivity contribution in [3.8, 4) is 5.75 Å². The lowest BCUT2D eigenvalue weighted by Gasteiger charge is -2.23. The lowest BCUT2D eigenvalue weighted by molar-refractivity contribution is -0.152. The van der Waals surface area contributed by atoms with E-state index in [4.69, 9.17) is 4.74 Å². The van der Waals surface area contributed by atoms with Gasteiger partial charge in [-0.3, -0.25) is 19.2 Å². The molecule has 1 unspecified atom stereocenters. The zero-order valence-corrected chi connectivity index (χ0v) is 28.0. The molecule has 0 saturated heterocycles. The Labute approximate surface area is 279 Å². The van der Waals surface area contributed by atoms with Crippen LogP contribution in [-0.4, -0.2) is 57.1 Å². The summed E-state index contributed by atoms with van der Waals surface area (Å²) in [6, 6.07) is 5.69. The van der Waals surface area contributed by atoms with Gasteiger partial charge in [-0.25, -0.2) is 4.79 Å². The number of carboxylic acids is 3. The molecule has 1 saturated carbocycles. The van der Waals surface area contributed by atoms with Crippen LogP contribution in [-0.2, 0) is 30.4 Å². The number of amides is 1. The van der Waals surface area contributed by atoms with Gasteiger partial charge in [-0.1, -0.05) is 76.2 Å². The maximum absolute atomic E-state index is 13.3. The van der Waals surface area contributed by atoms with Gasteiger partial charge >= 0.3 is 17.9 Å². The van der Waals surface area contributed by atoms with Gasteiger partial charge in [-0.15, -0.1) is 0 Å². The van der Waals surface area contributed by atoms with Crippen molar-refractivity contribution in [2.75, 3.05) is 0 Å². The molecule has 0 aromatic heterocycles. The molecule has 262 valence electrons. The number of carboxylic acid groups (broad SMARTS) is 3. The standard InChI is InChI=1S/C37H55NO9/c1-2-3-4-7-11-16-28(39)17-12-8-5-6-9-15-20-31(32(36(43)44)26-34(40)41)35(42)38-33(37(45)46)25-27-21-23-30(24-22-27)47-29-18-13-10-14-19-29/h15,20-24,29,31-33H,2-14,16-19,25-26H2,1H3,(H,38,42)(H,40,41)(H,43,44)(H,45,46)/b20-15+/t31-,32?,33-/m0/s1. The number of hydrogen-bond donors (Lipinski definition) is 4. The number of ether oxygens (including phenoxy) is 1. The maximum Gasteiger partial charge on any atom is 0.326 e. The Hall–Kier alpha value is -3.69. The molecule has 2 rings (SSSR count). The Morgan fingerprint density at radius 3 is 2.02 bits per heavy atom.